The van der Waals surface area contributed by atoms with E-state index in [-0.39, 0.29) is 17.9 Å². The van der Waals surface area contributed by atoms with Crippen LogP contribution in [0, 0.1) is 19.7 Å². The highest BCUT2D eigenvalue weighted by atomic mass is 32.2. The average Bonchev–Trinajstić information content (AvgIpc) is 3.19. The van der Waals surface area contributed by atoms with Crippen LogP contribution < -0.4 is 10.9 Å². The molecular formula is C18H20FN5S. The fourth-order valence-electron chi connectivity index (χ4n) is 3.43. The number of hydrogen-bond donors (Lipinski definition) is 2. The molecule has 0 saturated carbocycles. The minimum Gasteiger partial charge on any atom is -0.250 e. The molecule has 0 bridgehead atoms. The van der Waals surface area contributed by atoms with Gasteiger partial charge >= 0.3 is 0 Å². The van der Waals surface area contributed by atoms with Crippen LogP contribution in [0.2, 0.25) is 0 Å². The van der Waals surface area contributed by atoms with E-state index in [9.17, 15) is 4.39 Å². The molecule has 1 saturated heterocycles. The topological polar surface area (TPSA) is 54.2 Å². The molecule has 1 aromatic carbocycles. The zero-order valence-corrected chi connectivity index (χ0v) is 15.2. The molecule has 2 aromatic heterocycles. The maximum atomic E-state index is 13.2. The molecule has 2 N–H and O–H groups in total. The molecule has 0 amide bonds. The SMILES string of the molecule is CSc1nn2c(C)cc(C)nc2c1C1CC(c2ccc(F)cc2)NN1. The standard InChI is InChI=1S/C18H20FN5S/c1-10-8-11(2)24-17(20-10)16(18(23-24)25-3)15-9-14(21-22-15)12-4-6-13(19)7-5-12/h4-8,14-15,21-22H,9H2,1-3H3. The summed E-state index contributed by atoms with van der Waals surface area (Å²) in [5.74, 6) is -0.214. The van der Waals surface area contributed by atoms with Gasteiger partial charge in [0.2, 0.25) is 0 Å². The van der Waals surface area contributed by atoms with Gasteiger partial charge in [-0.1, -0.05) is 12.1 Å². The van der Waals surface area contributed by atoms with E-state index in [0.29, 0.717) is 0 Å². The first-order valence-corrected chi connectivity index (χ1v) is 9.46. The molecule has 0 radical (unpaired) electrons. The van der Waals surface area contributed by atoms with E-state index < -0.39 is 0 Å². The third-order valence-corrected chi connectivity index (χ3v) is 5.30. The fraction of sp³-hybridized carbons (Fsp3) is 0.333. The van der Waals surface area contributed by atoms with Gasteiger partial charge in [0.05, 0.1) is 6.04 Å². The van der Waals surface area contributed by atoms with Gasteiger partial charge in [0.25, 0.3) is 0 Å². The first kappa shape index (κ1) is 16.5. The van der Waals surface area contributed by atoms with Crippen LogP contribution in [0.5, 0.6) is 0 Å². The quantitative estimate of drug-likeness (QED) is 0.703. The Kier molecular flexibility index (Phi) is 4.23. The second kappa shape index (κ2) is 6.40. The molecule has 0 spiro atoms. The highest BCUT2D eigenvalue weighted by Crippen LogP contribution is 2.37. The van der Waals surface area contributed by atoms with Crippen molar-refractivity contribution in [2.45, 2.75) is 37.4 Å². The third kappa shape index (κ3) is 2.92. The van der Waals surface area contributed by atoms with Gasteiger partial charge in [-0.2, -0.15) is 5.10 Å². The number of hydrogen-bond acceptors (Lipinski definition) is 5. The number of aromatic nitrogens is 3. The van der Waals surface area contributed by atoms with E-state index in [2.05, 4.69) is 10.9 Å². The zero-order chi connectivity index (χ0) is 17.6. The van der Waals surface area contributed by atoms with Crippen molar-refractivity contribution in [2.75, 3.05) is 6.26 Å². The molecule has 3 heterocycles. The Bertz CT molecular complexity index is 921. The molecule has 5 nitrogen and oxygen atoms in total. The lowest BCUT2D eigenvalue weighted by molar-refractivity contribution is 0.551. The molecule has 130 valence electrons. The zero-order valence-electron chi connectivity index (χ0n) is 14.4. The second-order valence-electron chi connectivity index (χ2n) is 6.38. The molecule has 2 atom stereocenters. The monoisotopic (exact) mass is 357 g/mol. The van der Waals surface area contributed by atoms with E-state index in [1.165, 1.54) is 12.1 Å². The summed E-state index contributed by atoms with van der Waals surface area (Å²) in [6, 6.07) is 8.92. The largest absolute Gasteiger partial charge is 0.250 e. The van der Waals surface area contributed by atoms with Gasteiger partial charge in [-0.25, -0.2) is 24.7 Å². The number of aryl methyl sites for hydroxylation is 2. The van der Waals surface area contributed by atoms with Crippen LogP contribution in [0.4, 0.5) is 4.39 Å². The molecule has 7 heteroatoms. The summed E-state index contributed by atoms with van der Waals surface area (Å²) < 4.78 is 15.1. The van der Waals surface area contributed by atoms with Gasteiger partial charge in [-0.05, 0) is 50.3 Å². The molecule has 4 rings (SSSR count). The van der Waals surface area contributed by atoms with Crippen molar-refractivity contribution >= 4 is 17.4 Å². The third-order valence-electron chi connectivity index (χ3n) is 4.61. The Morgan fingerprint density at radius 3 is 2.60 bits per heavy atom. The number of fused-ring (bicyclic) bond motifs is 1. The van der Waals surface area contributed by atoms with Crippen molar-refractivity contribution < 1.29 is 4.39 Å². The Labute approximate surface area is 150 Å². The smallest absolute Gasteiger partial charge is 0.161 e. The molecule has 1 aliphatic heterocycles. The van der Waals surface area contributed by atoms with E-state index in [4.69, 9.17) is 10.1 Å². The summed E-state index contributed by atoms with van der Waals surface area (Å²) in [7, 11) is 0. The summed E-state index contributed by atoms with van der Waals surface area (Å²) in [6.07, 6.45) is 2.89. The lowest BCUT2D eigenvalue weighted by Crippen LogP contribution is -2.26. The minimum atomic E-state index is -0.214. The Hall–Kier alpha value is -1.96. The van der Waals surface area contributed by atoms with Crippen LogP contribution >= 0.6 is 11.8 Å². The van der Waals surface area contributed by atoms with E-state index in [1.54, 1.807) is 11.8 Å². The predicted molar refractivity (Wildman–Crippen MR) is 97.0 cm³/mol. The molecule has 1 fully saturated rings. The fourth-order valence-corrected chi connectivity index (χ4v) is 4.05. The predicted octanol–water partition coefficient (Wildman–Crippen LogP) is 3.49. The lowest BCUT2D eigenvalue weighted by Gasteiger charge is -2.10. The maximum absolute atomic E-state index is 13.2. The number of nitrogens with zero attached hydrogens (tertiary/aromatic N) is 3. The van der Waals surface area contributed by atoms with Gasteiger partial charge in [0, 0.05) is 23.0 Å². The van der Waals surface area contributed by atoms with Gasteiger partial charge in [0.15, 0.2) is 5.65 Å². The Morgan fingerprint density at radius 2 is 1.88 bits per heavy atom. The average molecular weight is 357 g/mol. The van der Waals surface area contributed by atoms with Crippen molar-refractivity contribution in [3.8, 4) is 0 Å². The van der Waals surface area contributed by atoms with Crippen LogP contribution in [0.3, 0.4) is 0 Å². The number of hydrazine groups is 1. The van der Waals surface area contributed by atoms with Gasteiger partial charge in [0.1, 0.15) is 10.8 Å². The van der Waals surface area contributed by atoms with Crippen LogP contribution in [-0.4, -0.2) is 20.9 Å². The highest BCUT2D eigenvalue weighted by Gasteiger charge is 2.31. The summed E-state index contributed by atoms with van der Waals surface area (Å²) >= 11 is 1.63. The van der Waals surface area contributed by atoms with Crippen molar-refractivity contribution in [3.63, 3.8) is 0 Å². The number of thioether (sulfide) groups is 1. The van der Waals surface area contributed by atoms with Crippen molar-refractivity contribution in [2.24, 2.45) is 0 Å². The molecular weight excluding hydrogens is 337 g/mol. The van der Waals surface area contributed by atoms with E-state index in [1.807, 2.05) is 42.8 Å². The van der Waals surface area contributed by atoms with Crippen molar-refractivity contribution in [1.82, 2.24) is 25.4 Å². The second-order valence-corrected chi connectivity index (χ2v) is 7.17. The first-order valence-electron chi connectivity index (χ1n) is 8.24. The molecule has 1 aliphatic rings. The molecule has 25 heavy (non-hydrogen) atoms. The van der Waals surface area contributed by atoms with Gasteiger partial charge in [-0.3, -0.25) is 0 Å². The van der Waals surface area contributed by atoms with Crippen molar-refractivity contribution in [3.05, 3.63) is 58.7 Å². The van der Waals surface area contributed by atoms with Crippen LogP contribution in [0.1, 0.15) is 41.0 Å². The van der Waals surface area contributed by atoms with E-state index >= 15 is 0 Å². The maximum Gasteiger partial charge on any atom is 0.161 e. The summed E-state index contributed by atoms with van der Waals surface area (Å²) in [4.78, 5) is 4.73. The molecule has 2 unspecified atom stereocenters. The van der Waals surface area contributed by atoms with Crippen molar-refractivity contribution in [1.29, 1.82) is 0 Å². The van der Waals surface area contributed by atoms with E-state index in [0.717, 1.165) is 39.6 Å². The number of rotatable bonds is 3. The Balaban J connectivity index is 1.71. The number of benzene rings is 1. The minimum absolute atomic E-state index is 0.101. The highest BCUT2D eigenvalue weighted by molar-refractivity contribution is 7.98. The van der Waals surface area contributed by atoms with Crippen LogP contribution in [-0.2, 0) is 0 Å². The Morgan fingerprint density at radius 1 is 1.16 bits per heavy atom. The molecule has 0 aliphatic carbocycles. The summed E-state index contributed by atoms with van der Waals surface area (Å²) in [5, 5.41) is 5.71. The normalized spacial score (nSPS) is 20.5. The summed E-state index contributed by atoms with van der Waals surface area (Å²) in [6.45, 7) is 4.05. The van der Waals surface area contributed by atoms with Gasteiger partial charge in [-0.15, -0.1) is 11.8 Å². The first-order chi connectivity index (χ1) is 12.1. The van der Waals surface area contributed by atoms with Crippen LogP contribution in [0.25, 0.3) is 5.65 Å². The number of nitrogens with one attached hydrogen (secondary N) is 2. The van der Waals surface area contributed by atoms with Crippen LogP contribution in [0.15, 0.2) is 35.4 Å². The molecule has 3 aromatic rings. The van der Waals surface area contributed by atoms with Gasteiger partial charge < -0.3 is 0 Å². The lowest BCUT2D eigenvalue weighted by atomic mass is 9.99. The number of halogens is 1. The summed E-state index contributed by atoms with van der Waals surface area (Å²) in [5.41, 5.74) is 11.9.